The van der Waals surface area contributed by atoms with Crippen molar-refractivity contribution in [2.75, 3.05) is 16.9 Å². The van der Waals surface area contributed by atoms with E-state index >= 15 is 0 Å². The monoisotopic (exact) mass is 384 g/mol. The van der Waals surface area contributed by atoms with Crippen molar-refractivity contribution >= 4 is 34.4 Å². The summed E-state index contributed by atoms with van der Waals surface area (Å²) in [6.45, 7) is 2.57. The van der Waals surface area contributed by atoms with Gasteiger partial charge in [-0.3, -0.25) is 0 Å². The van der Waals surface area contributed by atoms with Crippen molar-refractivity contribution in [2.45, 2.75) is 13.3 Å². The van der Waals surface area contributed by atoms with Gasteiger partial charge in [-0.2, -0.15) is 10.1 Å². The van der Waals surface area contributed by atoms with E-state index in [2.05, 4.69) is 10.4 Å². The lowest BCUT2D eigenvalue weighted by molar-refractivity contribution is 0.202. The number of benzene rings is 2. The molecule has 0 amide bonds. The second kappa shape index (κ2) is 8.64. The molecule has 0 aromatic heterocycles. The third-order valence-corrected chi connectivity index (χ3v) is 4.24. The Balaban J connectivity index is 1.85. The second-order valence-electron chi connectivity index (χ2n) is 6.00. The average Bonchev–Trinajstić information content (AvgIpc) is 2.67. The molecule has 3 N–H and O–H groups in total. The van der Waals surface area contributed by atoms with Gasteiger partial charge in [0, 0.05) is 5.69 Å². The lowest BCUT2D eigenvalue weighted by Gasteiger charge is -2.29. The van der Waals surface area contributed by atoms with Crippen molar-refractivity contribution in [3.63, 3.8) is 0 Å². The average molecular weight is 384 g/mol. The van der Waals surface area contributed by atoms with Gasteiger partial charge in [0.15, 0.2) is 0 Å². The Morgan fingerprint density at radius 1 is 1.26 bits per heavy atom. The third-order valence-electron chi connectivity index (χ3n) is 3.88. The quantitative estimate of drug-likeness (QED) is 0.730. The minimum absolute atomic E-state index is 0.330. The largest absolute Gasteiger partial charge is 0.478 e. The Morgan fingerprint density at radius 2 is 2.04 bits per heavy atom. The van der Waals surface area contributed by atoms with Crippen molar-refractivity contribution < 1.29 is 9.13 Å². The van der Waals surface area contributed by atoms with Crippen molar-refractivity contribution in [1.29, 1.82) is 0 Å². The standard InChI is InChI=1S/C20H21FN4OS/c1-2-11-26-18-13-17(20(27)23-15-8-6-7-14(21)12-15)19(22)24-25(18)16-9-4-3-5-10-16/h3-10,12-13,17H,2,11H2,1H3,(H2,22,24)(H,23,27). The molecule has 0 fully saturated rings. The number of nitrogens with zero attached hydrogens (tertiary/aromatic N) is 2. The van der Waals surface area contributed by atoms with Crippen LogP contribution >= 0.6 is 12.2 Å². The molecule has 0 aliphatic carbocycles. The Kier molecular flexibility index (Phi) is 6.03. The first-order chi connectivity index (χ1) is 13.1. The Bertz CT molecular complexity index is 869. The van der Waals surface area contributed by atoms with E-state index in [-0.39, 0.29) is 5.82 Å². The van der Waals surface area contributed by atoms with Crippen molar-refractivity contribution in [3.8, 4) is 0 Å². The molecule has 1 aliphatic heterocycles. The molecule has 7 heteroatoms. The predicted molar refractivity (Wildman–Crippen MR) is 111 cm³/mol. The molecule has 0 saturated heterocycles. The molecule has 2 aromatic rings. The number of hydrogen-bond donors (Lipinski definition) is 2. The van der Waals surface area contributed by atoms with Crippen LogP contribution in [0.5, 0.6) is 0 Å². The summed E-state index contributed by atoms with van der Waals surface area (Å²) in [5.41, 5.74) is 7.58. The normalized spacial score (nSPS) is 16.4. The lowest BCUT2D eigenvalue weighted by atomic mass is 10.1. The highest BCUT2D eigenvalue weighted by Gasteiger charge is 2.27. The fraction of sp³-hybridized carbons (Fsp3) is 0.200. The Morgan fingerprint density at radius 3 is 2.74 bits per heavy atom. The summed E-state index contributed by atoms with van der Waals surface area (Å²) in [6, 6.07) is 15.7. The number of thiocarbonyl (C=S) groups is 1. The highest BCUT2D eigenvalue weighted by atomic mass is 32.1. The molecule has 140 valence electrons. The molecule has 1 unspecified atom stereocenters. The van der Waals surface area contributed by atoms with Crippen LogP contribution in [-0.4, -0.2) is 17.4 Å². The molecule has 1 heterocycles. The van der Waals surface area contributed by atoms with Crippen LogP contribution in [0.15, 0.2) is 71.7 Å². The number of para-hydroxylation sites is 1. The number of nitrogens with one attached hydrogen (secondary N) is 1. The minimum atomic E-state index is -0.449. The van der Waals surface area contributed by atoms with E-state index in [9.17, 15) is 4.39 Å². The molecule has 1 aliphatic rings. The van der Waals surface area contributed by atoms with Crippen LogP contribution in [0.1, 0.15) is 13.3 Å². The van der Waals surface area contributed by atoms with Crippen LogP contribution in [0, 0.1) is 11.7 Å². The summed E-state index contributed by atoms with van der Waals surface area (Å²) < 4.78 is 19.3. The van der Waals surface area contributed by atoms with Gasteiger partial charge in [0.2, 0.25) is 5.88 Å². The summed E-state index contributed by atoms with van der Waals surface area (Å²) in [7, 11) is 0. The van der Waals surface area contributed by atoms with Crippen LogP contribution in [0.4, 0.5) is 15.8 Å². The molecular weight excluding hydrogens is 363 g/mol. The highest BCUT2D eigenvalue weighted by Crippen LogP contribution is 2.26. The third kappa shape index (κ3) is 4.62. The van der Waals surface area contributed by atoms with Gasteiger partial charge < -0.3 is 15.8 Å². The minimum Gasteiger partial charge on any atom is -0.478 e. The first-order valence-corrected chi connectivity index (χ1v) is 9.09. The zero-order chi connectivity index (χ0) is 19.2. The van der Waals surface area contributed by atoms with E-state index < -0.39 is 5.92 Å². The predicted octanol–water partition coefficient (Wildman–Crippen LogP) is 4.24. The molecule has 1 atom stereocenters. The van der Waals surface area contributed by atoms with Gasteiger partial charge >= 0.3 is 0 Å². The van der Waals surface area contributed by atoms with Crippen molar-refractivity contribution in [3.05, 3.63) is 72.4 Å². The molecule has 0 spiro atoms. The first-order valence-electron chi connectivity index (χ1n) is 8.68. The van der Waals surface area contributed by atoms with Crippen molar-refractivity contribution in [2.24, 2.45) is 16.8 Å². The van der Waals surface area contributed by atoms with Gasteiger partial charge in [-0.05, 0) is 42.8 Å². The number of halogens is 1. The zero-order valence-electron chi connectivity index (χ0n) is 14.9. The van der Waals surface area contributed by atoms with Crippen LogP contribution < -0.4 is 16.1 Å². The van der Waals surface area contributed by atoms with Crippen LogP contribution in [0.3, 0.4) is 0 Å². The smallest absolute Gasteiger partial charge is 0.212 e. The van der Waals surface area contributed by atoms with Crippen molar-refractivity contribution in [1.82, 2.24) is 0 Å². The van der Waals surface area contributed by atoms with E-state index in [0.717, 1.165) is 12.1 Å². The van der Waals surface area contributed by atoms with Gasteiger partial charge in [0.25, 0.3) is 0 Å². The fourth-order valence-electron chi connectivity index (χ4n) is 2.59. The summed E-state index contributed by atoms with van der Waals surface area (Å²) in [4.78, 5) is 0.423. The van der Waals surface area contributed by atoms with Gasteiger partial charge in [-0.25, -0.2) is 4.39 Å². The van der Waals surface area contributed by atoms with E-state index in [1.807, 2.05) is 43.3 Å². The van der Waals surface area contributed by atoms with Crippen LogP contribution in [0.2, 0.25) is 0 Å². The van der Waals surface area contributed by atoms with Gasteiger partial charge in [0.05, 0.1) is 23.2 Å². The summed E-state index contributed by atoms with van der Waals surface area (Å²) >= 11 is 5.48. The van der Waals surface area contributed by atoms with Gasteiger partial charge in [-0.1, -0.05) is 43.4 Å². The molecular formula is C20H21FN4OS. The molecule has 0 radical (unpaired) electrons. The number of anilines is 2. The number of rotatable bonds is 6. The zero-order valence-corrected chi connectivity index (χ0v) is 15.7. The molecule has 27 heavy (non-hydrogen) atoms. The topological polar surface area (TPSA) is 62.9 Å². The van der Waals surface area contributed by atoms with E-state index in [1.165, 1.54) is 12.1 Å². The first kappa shape index (κ1) is 18.8. The molecule has 3 rings (SSSR count). The number of ether oxygens (including phenoxy) is 1. The van der Waals surface area contributed by atoms with Crippen LogP contribution in [-0.2, 0) is 4.74 Å². The molecule has 5 nitrogen and oxygen atoms in total. The van der Waals surface area contributed by atoms with E-state index in [1.54, 1.807) is 17.1 Å². The molecule has 0 bridgehead atoms. The maximum absolute atomic E-state index is 13.4. The maximum Gasteiger partial charge on any atom is 0.212 e. The number of amidine groups is 1. The number of nitrogens with two attached hydrogens (primary N) is 1. The molecule has 2 aromatic carbocycles. The molecule has 0 saturated carbocycles. The lowest BCUT2D eigenvalue weighted by Crippen LogP contribution is -2.39. The van der Waals surface area contributed by atoms with E-state index in [0.29, 0.717) is 29.0 Å². The summed E-state index contributed by atoms with van der Waals surface area (Å²) in [5.74, 6) is 0.100. The highest BCUT2D eigenvalue weighted by molar-refractivity contribution is 7.80. The van der Waals surface area contributed by atoms with Gasteiger partial charge in [-0.15, -0.1) is 0 Å². The number of hydrazone groups is 1. The summed E-state index contributed by atoms with van der Waals surface area (Å²) in [5, 5.41) is 9.17. The van der Waals surface area contributed by atoms with Crippen LogP contribution in [0.25, 0.3) is 0 Å². The second-order valence-corrected chi connectivity index (χ2v) is 6.44. The SMILES string of the molecule is CCCOC1=CC(C(=S)Nc2cccc(F)c2)C(N)=NN1c1ccccc1. The fourth-order valence-corrected chi connectivity index (χ4v) is 2.90. The van der Waals surface area contributed by atoms with Gasteiger partial charge in [0.1, 0.15) is 11.7 Å². The maximum atomic E-state index is 13.4. The number of hydrogen-bond acceptors (Lipinski definition) is 5. The Hall–Kier alpha value is -2.93. The Labute approximate surface area is 163 Å². The summed E-state index contributed by atoms with van der Waals surface area (Å²) in [6.07, 6.45) is 2.69. The van der Waals surface area contributed by atoms with E-state index in [4.69, 9.17) is 22.7 Å².